The fourth-order valence-electron chi connectivity index (χ4n) is 3.31. The number of nitrogens with one attached hydrogen (secondary N) is 2. The molecule has 2 aromatic rings. The molecule has 1 atom stereocenters. The average molecular weight is 370 g/mol. The first-order valence-electron chi connectivity index (χ1n) is 7.51. The SMILES string of the molecule is CN1c2ccccc2NC2=C(C(=O)NC2)C1c1ccc(Br)cc1. The number of benzene rings is 2. The van der Waals surface area contributed by atoms with Gasteiger partial charge in [-0.05, 0) is 29.8 Å². The third-order valence-electron chi connectivity index (χ3n) is 4.41. The largest absolute Gasteiger partial charge is 0.361 e. The van der Waals surface area contributed by atoms with Crippen molar-refractivity contribution >= 4 is 33.2 Å². The highest BCUT2D eigenvalue weighted by Gasteiger charge is 2.36. The summed E-state index contributed by atoms with van der Waals surface area (Å²) in [7, 11) is 2.04. The molecule has 2 heterocycles. The van der Waals surface area contributed by atoms with Gasteiger partial charge in [0.2, 0.25) is 0 Å². The van der Waals surface area contributed by atoms with E-state index in [0.717, 1.165) is 32.7 Å². The van der Waals surface area contributed by atoms with Gasteiger partial charge in [0, 0.05) is 17.2 Å². The Morgan fingerprint density at radius 2 is 1.87 bits per heavy atom. The lowest BCUT2D eigenvalue weighted by Crippen LogP contribution is -2.30. The highest BCUT2D eigenvalue weighted by molar-refractivity contribution is 9.10. The molecule has 1 amide bonds. The smallest absolute Gasteiger partial charge is 0.251 e. The number of carbonyl (C=O) groups is 1. The first kappa shape index (κ1) is 14.3. The standard InChI is InChI=1S/C18H16BrN3O/c1-22-15-5-3-2-4-13(15)21-14-10-20-18(23)16(14)17(22)11-6-8-12(19)9-7-11/h2-9,17,21H,10H2,1H3,(H,20,23). The van der Waals surface area contributed by atoms with Crippen LogP contribution in [0, 0.1) is 0 Å². The van der Waals surface area contributed by atoms with Crippen molar-refractivity contribution in [1.29, 1.82) is 0 Å². The van der Waals surface area contributed by atoms with E-state index in [-0.39, 0.29) is 11.9 Å². The van der Waals surface area contributed by atoms with Gasteiger partial charge in [-0.2, -0.15) is 0 Å². The Balaban J connectivity index is 1.91. The zero-order chi connectivity index (χ0) is 16.0. The maximum atomic E-state index is 12.5. The quantitative estimate of drug-likeness (QED) is 0.809. The van der Waals surface area contributed by atoms with E-state index in [9.17, 15) is 4.79 Å². The monoisotopic (exact) mass is 369 g/mol. The van der Waals surface area contributed by atoms with Crippen molar-refractivity contribution in [3.05, 3.63) is 69.8 Å². The van der Waals surface area contributed by atoms with Gasteiger partial charge in [0.05, 0.1) is 29.5 Å². The Morgan fingerprint density at radius 1 is 1.13 bits per heavy atom. The van der Waals surface area contributed by atoms with Crippen LogP contribution in [-0.4, -0.2) is 19.5 Å². The van der Waals surface area contributed by atoms with Crippen molar-refractivity contribution in [1.82, 2.24) is 5.32 Å². The fraction of sp³-hybridized carbons (Fsp3) is 0.167. The summed E-state index contributed by atoms with van der Waals surface area (Å²) < 4.78 is 1.03. The number of rotatable bonds is 1. The minimum atomic E-state index is -0.114. The highest BCUT2D eigenvalue weighted by Crippen LogP contribution is 2.41. The van der Waals surface area contributed by atoms with E-state index in [1.54, 1.807) is 0 Å². The number of halogens is 1. The number of carbonyl (C=O) groups excluding carboxylic acids is 1. The first-order valence-corrected chi connectivity index (χ1v) is 8.30. The number of anilines is 2. The molecule has 23 heavy (non-hydrogen) atoms. The van der Waals surface area contributed by atoms with Crippen LogP contribution in [0.3, 0.4) is 0 Å². The second-order valence-electron chi connectivity index (χ2n) is 5.78. The van der Waals surface area contributed by atoms with Crippen LogP contribution < -0.4 is 15.5 Å². The van der Waals surface area contributed by atoms with Gasteiger partial charge in [0.25, 0.3) is 5.91 Å². The maximum absolute atomic E-state index is 12.5. The number of nitrogens with zero attached hydrogens (tertiary/aromatic N) is 1. The molecule has 0 aromatic heterocycles. The third-order valence-corrected chi connectivity index (χ3v) is 4.94. The lowest BCUT2D eigenvalue weighted by molar-refractivity contribution is -0.116. The van der Waals surface area contributed by atoms with Crippen LogP contribution in [0.15, 0.2) is 64.3 Å². The Hall–Kier alpha value is -2.27. The van der Waals surface area contributed by atoms with Crippen molar-refractivity contribution in [2.45, 2.75) is 6.04 Å². The average Bonchev–Trinajstić information content (AvgIpc) is 2.85. The van der Waals surface area contributed by atoms with Gasteiger partial charge < -0.3 is 15.5 Å². The van der Waals surface area contributed by atoms with E-state index in [4.69, 9.17) is 0 Å². The van der Waals surface area contributed by atoms with Crippen molar-refractivity contribution in [3.63, 3.8) is 0 Å². The molecule has 0 spiro atoms. The zero-order valence-corrected chi connectivity index (χ0v) is 14.2. The Morgan fingerprint density at radius 3 is 2.65 bits per heavy atom. The summed E-state index contributed by atoms with van der Waals surface area (Å²) in [4.78, 5) is 14.6. The lowest BCUT2D eigenvalue weighted by atomic mass is 9.96. The maximum Gasteiger partial charge on any atom is 0.251 e. The highest BCUT2D eigenvalue weighted by atomic mass is 79.9. The minimum Gasteiger partial charge on any atom is -0.361 e. The fourth-order valence-corrected chi connectivity index (χ4v) is 3.58. The molecule has 5 heteroatoms. The third kappa shape index (κ3) is 2.32. The van der Waals surface area contributed by atoms with E-state index in [0.29, 0.717) is 6.54 Å². The van der Waals surface area contributed by atoms with E-state index >= 15 is 0 Å². The molecule has 0 radical (unpaired) electrons. The van der Waals surface area contributed by atoms with Crippen LogP contribution in [-0.2, 0) is 4.79 Å². The molecule has 0 saturated carbocycles. The molecule has 0 aliphatic carbocycles. The van der Waals surface area contributed by atoms with Gasteiger partial charge in [-0.1, -0.05) is 40.2 Å². The lowest BCUT2D eigenvalue weighted by Gasteiger charge is -2.30. The molecule has 0 fully saturated rings. The van der Waals surface area contributed by atoms with Gasteiger partial charge in [0.1, 0.15) is 0 Å². The molecule has 2 aliphatic rings. The molecule has 1 unspecified atom stereocenters. The summed E-state index contributed by atoms with van der Waals surface area (Å²) in [6, 6.07) is 16.2. The molecule has 4 nitrogen and oxygen atoms in total. The first-order chi connectivity index (χ1) is 11.1. The van der Waals surface area contributed by atoms with Crippen molar-refractivity contribution in [3.8, 4) is 0 Å². The van der Waals surface area contributed by atoms with Crippen LogP contribution in [0.5, 0.6) is 0 Å². The van der Waals surface area contributed by atoms with Crippen molar-refractivity contribution in [2.24, 2.45) is 0 Å². The van der Waals surface area contributed by atoms with Gasteiger partial charge in [0.15, 0.2) is 0 Å². The number of fused-ring (bicyclic) bond motifs is 1. The molecule has 2 aromatic carbocycles. The molecule has 2 aliphatic heterocycles. The summed E-state index contributed by atoms with van der Waals surface area (Å²) in [6.07, 6.45) is 0. The van der Waals surface area contributed by atoms with E-state index < -0.39 is 0 Å². The Kier molecular flexibility index (Phi) is 3.38. The molecular weight excluding hydrogens is 354 g/mol. The molecule has 0 bridgehead atoms. The van der Waals surface area contributed by atoms with Gasteiger partial charge in [-0.25, -0.2) is 0 Å². The second kappa shape index (κ2) is 5.42. The van der Waals surface area contributed by atoms with E-state index in [2.05, 4.69) is 49.7 Å². The molecule has 0 saturated heterocycles. The summed E-state index contributed by atoms with van der Waals surface area (Å²) in [5.41, 5.74) is 4.96. The van der Waals surface area contributed by atoms with Crippen LogP contribution in [0.2, 0.25) is 0 Å². The summed E-state index contributed by atoms with van der Waals surface area (Å²) in [6.45, 7) is 0.545. The predicted molar refractivity (Wildman–Crippen MR) is 95.4 cm³/mol. The summed E-state index contributed by atoms with van der Waals surface area (Å²) in [5, 5.41) is 6.38. The second-order valence-corrected chi connectivity index (χ2v) is 6.70. The van der Waals surface area contributed by atoms with Gasteiger partial charge in [-0.3, -0.25) is 4.79 Å². The number of likely N-dealkylation sites (N-methyl/N-ethyl adjacent to an activating group) is 1. The summed E-state index contributed by atoms with van der Waals surface area (Å²) in [5.74, 6) is 0.0000693. The Labute approximate surface area is 143 Å². The van der Waals surface area contributed by atoms with E-state index in [1.165, 1.54) is 0 Å². The molecule has 4 rings (SSSR count). The van der Waals surface area contributed by atoms with Gasteiger partial charge in [-0.15, -0.1) is 0 Å². The minimum absolute atomic E-state index is 0.0000693. The normalized spacial score (nSPS) is 19.7. The number of hydrogen-bond donors (Lipinski definition) is 2. The predicted octanol–water partition coefficient (Wildman–Crippen LogP) is 3.44. The zero-order valence-electron chi connectivity index (χ0n) is 12.6. The van der Waals surface area contributed by atoms with Crippen molar-refractivity contribution < 1.29 is 4.79 Å². The molecular formula is C18H16BrN3O. The van der Waals surface area contributed by atoms with E-state index in [1.807, 2.05) is 37.4 Å². The number of amides is 1. The Bertz CT molecular complexity index is 813. The van der Waals surface area contributed by atoms with Crippen LogP contribution in [0.4, 0.5) is 11.4 Å². The summed E-state index contributed by atoms with van der Waals surface area (Å²) >= 11 is 3.48. The van der Waals surface area contributed by atoms with Crippen LogP contribution in [0.1, 0.15) is 11.6 Å². The number of hydrogen-bond acceptors (Lipinski definition) is 3. The molecule has 2 N–H and O–H groups in total. The van der Waals surface area contributed by atoms with Crippen LogP contribution >= 0.6 is 15.9 Å². The topological polar surface area (TPSA) is 44.4 Å². The van der Waals surface area contributed by atoms with Crippen LogP contribution in [0.25, 0.3) is 0 Å². The molecule has 116 valence electrons. The number of para-hydroxylation sites is 2. The van der Waals surface area contributed by atoms with Gasteiger partial charge >= 0.3 is 0 Å². The van der Waals surface area contributed by atoms with Crippen molar-refractivity contribution in [2.75, 3.05) is 23.8 Å².